The first kappa shape index (κ1) is 15.6. The molecule has 0 aromatic heterocycles. The molecular formula is C16H26N3O2+. The van der Waals surface area contributed by atoms with E-state index in [0.29, 0.717) is 6.61 Å². The number of likely N-dealkylation sites (N-methyl/N-ethyl adjacent to an activating group) is 1. The number of piperazine rings is 1. The van der Waals surface area contributed by atoms with Crippen molar-refractivity contribution in [2.75, 3.05) is 44.7 Å². The second-order valence-electron chi connectivity index (χ2n) is 5.38. The minimum atomic E-state index is 0.0132. The number of carbonyl (C=O) groups is 1. The number of ether oxygens (including phenoxy) is 1. The number of para-hydroxylation sites is 2. The van der Waals surface area contributed by atoms with Crippen LogP contribution in [0.25, 0.3) is 0 Å². The molecule has 116 valence electrons. The van der Waals surface area contributed by atoms with Crippen LogP contribution in [0.5, 0.6) is 5.75 Å². The van der Waals surface area contributed by atoms with Crippen molar-refractivity contribution < 1.29 is 14.4 Å². The normalized spacial score (nSPS) is 17.4. The molecule has 0 saturated carbocycles. The van der Waals surface area contributed by atoms with Gasteiger partial charge in [0.25, 0.3) is 5.91 Å². The lowest BCUT2D eigenvalue weighted by Crippen LogP contribution is -3.19. The monoisotopic (exact) mass is 292 g/mol. The lowest BCUT2D eigenvalue weighted by molar-refractivity contribution is -0.914. The quantitative estimate of drug-likeness (QED) is 0.798. The van der Waals surface area contributed by atoms with Gasteiger partial charge < -0.3 is 19.9 Å². The molecule has 1 aromatic rings. The van der Waals surface area contributed by atoms with Crippen molar-refractivity contribution in [2.45, 2.75) is 19.9 Å². The zero-order valence-electron chi connectivity index (χ0n) is 13.2. The number of quaternary nitrogens is 1. The Bertz CT molecular complexity index is 470. The van der Waals surface area contributed by atoms with Crippen molar-refractivity contribution in [3.05, 3.63) is 24.3 Å². The van der Waals surface area contributed by atoms with Gasteiger partial charge in [-0.1, -0.05) is 12.1 Å². The molecule has 1 aliphatic heterocycles. The number of rotatable bonds is 5. The Morgan fingerprint density at radius 2 is 2.05 bits per heavy atom. The maximum atomic E-state index is 11.7. The highest BCUT2D eigenvalue weighted by Crippen LogP contribution is 2.27. The van der Waals surface area contributed by atoms with Crippen molar-refractivity contribution in [1.82, 2.24) is 5.32 Å². The van der Waals surface area contributed by atoms with E-state index in [-0.39, 0.29) is 11.9 Å². The SMILES string of the molecule is CCOc1ccccc1N1CC[NH+]([C@H](C)C(=O)NC)CC1. The van der Waals surface area contributed by atoms with E-state index in [2.05, 4.69) is 16.3 Å². The lowest BCUT2D eigenvalue weighted by Gasteiger charge is -2.36. The standard InChI is InChI=1S/C16H25N3O2/c1-4-21-15-8-6-5-7-14(15)19-11-9-18(10-12-19)13(2)16(20)17-3/h5-8,13H,4,9-12H2,1-3H3,(H,17,20)/p+1/t13-/m1/s1. The first-order valence-electron chi connectivity index (χ1n) is 7.70. The Morgan fingerprint density at radius 1 is 1.38 bits per heavy atom. The van der Waals surface area contributed by atoms with Gasteiger partial charge in [-0.25, -0.2) is 0 Å². The third-order valence-corrected chi connectivity index (χ3v) is 4.16. The van der Waals surface area contributed by atoms with Crippen LogP contribution in [-0.4, -0.2) is 51.8 Å². The van der Waals surface area contributed by atoms with Crippen molar-refractivity contribution in [2.24, 2.45) is 0 Å². The Hall–Kier alpha value is -1.75. The first-order valence-corrected chi connectivity index (χ1v) is 7.70. The Labute approximate surface area is 126 Å². The molecule has 0 bridgehead atoms. The summed E-state index contributed by atoms with van der Waals surface area (Å²) in [6.45, 7) is 8.50. The summed E-state index contributed by atoms with van der Waals surface area (Å²) < 4.78 is 5.71. The van der Waals surface area contributed by atoms with Crippen LogP contribution in [0.2, 0.25) is 0 Å². The molecule has 0 radical (unpaired) electrons. The highest BCUT2D eigenvalue weighted by Gasteiger charge is 2.29. The first-order chi connectivity index (χ1) is 10.2. The van der Waals surface area contributed by atoms with E-state index < -0.39 is 0 Å². The van der Waals surface area contributed by atoms with Crippen LogP contribution in [-0.2, 0) is 4.79 Å². The largest absolute Gasteiger partial charge is 0.492 e. The van der Waals surface area contributed by atoms with Crippen LogP contribution >= 0.6 is 0 Å². The van der Waals surface area contributed by atoms with Gasteiger partial charge in [0.05, 0.1) is 38.5 Å². The van der Waals surface area contributed by atoms with Crippen molar-refractivity contribution in [1.29, 1.82) is 0 Å². The maximum absolute atomic E-state index is 11.7. The van der Waals surface area contributed by atoms with Gasteiger partial charge in [0.2, 0.25) is 0 Å². The number of nitrogens with zero attached hydrogens (tertiary/aromatic N) is 1. The predicted molar refractivity (Wildman–Crippen MR) is 84.0 cm³/mol. The van der Waals surface area contributed by atoms with E-state index in [1.165, 1.54) is 4.90 Å². The molecule has 1 aliphatic rings. The topological polar surface area (TPSA) is 46.0 Å². The summed E-state index contributed by atoms with van der Waals surface area (Å²) in [6.07, 6.45) is 0. The Balaban J connectivity index is 1.99. The van der Waals surface area contributed by atoms with Crippen LogP contribution in [0.4, 0.5) is 5.69 Å². The zero-order valence-corrected chi connectivity index (χ0v) is 13.2. The molecule has 1 heterocycles. The van der Waals surface area contributed by atoms with Crippen LogP contribution in [0.3, 0.4) is 0 Å². The summed E-state index contributed by atoms with van der Waals surface area (Å²) in [5.41, 5.74) is 1.16. The lowest BCUT2D eigenvalue weighted by atomic mass is 10.2. The van der Waals surface area contributed by atoms with Gasteiger partial charge in [0, 0.05) is 7.05 Å². The summed E-state index contributed by atoms with van der Waals surface area (Å²) in [5.74, 6) is 1.07. The molecule has 0 unspecified atom stereocenters. The van der Waals surface area contributed by atoms with Gasteiger partial charge in [-0.15, -0.1) is 0 Å². The Kier molecular flexibility index (Phi) is 5.44. The molecule has 1 saturated heterocycles. The number of hydrogen-bond acceptors (Lipinski definition) is 3. The summed E-state index contributed by atoms with van der Waals surface area (Å²) >= 11 is 0. The van der Waals surface area contributed by atoms with Gasteiger partial charge in [0.15, 0.2) is 6.04 Å². The molecule has 5 heteroatoms. The van der Waals surface area contributed by atoms with E-state index in [1.807, 2.05) is 32.0 Å². The summed E-state index contributed by atoms with van der Waals surface area (Å²) in [7, 11) is 1.70. The second kappa shape index (κ2) is 7.31. The number of hydrogen-bond donors (Lipinski definition) is 2. The van der Waals surface area contributed by atoms with Gasteiger partial charge in [-0.3, -0.25) is 4.79 Å². The number of carbonyl (C=O) groups excluding carboxylic acids is 1. The third-order valence-electron chi connectivity index (χ3n) is 4.16. The van der Waals surface area contributed by atoms with E-state index >= 15 is 0 Å². The maximum Gasteiger partial charge on any atom is 0.277 e. The molecule has 2 N–H and O–H groups in total. The van der Waals surface area contributed by atoms with Crippen LogP contribution < -0.4 is 19.9 Å². The summed E-state index contributed by atoms with van der Waals surface area (Å²) in [6, 6.07) is 8.19. The van der Waals surface area contributed by atoms with Crippen molar-refractivity contribution >= 4 is 11.6 Å². The zero-order chi connectivity index (χ0) is 15.2. The van der Waals surface area contributed by atoms with Gasteiger partial charge >= 0.3 is 0 Å². The summed E-state index contributed by atoms with van der Waals surface area (Å²) in [5, 5.41) is 2.74. The highest BCUT2D eigenvalue weighted by molar-refractivity contribution is 5.79. The van der Waals surface area contributed by atoms with E-state index in [0.717, 1.165) is 37.6 Å². The fraction of sp³-hybridized carbons (Fsp3) is 0.562. The predicted octanol–water partition coefficient (Wildman–Crippen LogP) is -0.0753. The van der Waals surface area contributed by atoms with Gasteiger partial charge in [-0.05, 0) is 26.0 Å². The average Bonchev–Trinajstić information content (AvgIpc) is 2.54. The molecule has 1 fully saturated rings. The molecule has 0 aliphatic carbocycles. The Morgan fingerprint density at radius 3 is 2.67 bits per heavy atom. The third kappa shape index (κ3) is 3.67. The smallest absolute Gasteiger partial charge is 0.277 e. The van der Waals surface area contributed by atoms with Gasteiger partial charge in [-0.2, -0.15) is 0 Å². The molecule has 5 nitrogen and oxygen atoms in total. The van der Waals surface area contributed by atoms with Crippen molar-refractivity contribution in [3.63, 3.8) is 0 Å². The average molecular weight is 292 g/mol. The minimum absolute atomic E-state index is 0.0132. The molecule has 1 aromatic carbocycles. The molecule has 1 atom stereocenters. The van der Waals surface area contributed by atoms with Gasteiger partial charge in [0.1, 0.15) is 5.75 Å². The van der Waals surface area contributed by atoms with E-state index in [9.17, 15) is 4.79 Å². The highest BCUT2D eigenvalue weighted by atomic mass is 16.5. The molecule has 1 amide bonds. The van der Waals surface area contributed by atoms with E-state index in [4.69, 9.17) is 4.74 Å². The second-order valence-corrected chi connectivity index (χ2v) is 5.38. The molecule has 2 rings (SSSR count). The van der Waals surface area contributed by atoms with Crippen LogP contribution in [0.1, 0.15) is 13.8 Å². The number of nitrogens with one attached hydrogen (secondary N) is 2. The fourth-order valence-electron chi connectivity index (χ4n) is 2.87. The fourth-order valence-corrected chi connectivity index (χ4v) is 2.87. The van der Waals surface area contributed by atoms with E-state index in [1.54, 1.807) is 7.05 Å². The summed E-state index contributed by atoms with van der Waals surface area (Å²) in [4.78, 5) is 15.4. The number of benzene rings is 1. The molecular weight excluding hydrogens is 266 g/mol. The molecule has 0 spiro atoms. The van der Waals surface area contributed by atoms with Crippen molar-refractivity contribution in [3.8, 4) is 5.75 Å². The number of anilines is 1. The van der Waals surface area contributed by atoms with Crippen LogP contribution in [0.15, 0.2) is 24.3 Å². The minimum Gasteiger partial charge on any atom is -0.492 e. The number of amides is 1. The molecule has 21 heavy (non-hydrogen) atoms. The van der Waals surface area contributed by atoms with Crippen LogP contribution in [0, 0.1) is 0 Å².